The Labute approximate surface area is 113 Å². The molecule has 1 aliphatic carbocycles. The number of fused-ring (bicyclic) bond motifs is 3. The van der Waals surface area contributed by atoms with Crippen LogP contribution in [0, 0.1) is 5.92 Å². The molecule has 0 spiro atoms. The summed E-state index contributed by atoms with van der Waals surface area (Å²) >= 11 is 0. The minimum atomic E-state index is 0.388. The Morgan fingerprint density at radius 1 is 1.05 bits per heavy atom. The van der Waals surface area contributed by atoms with E-state index in [1.807, 2.05) is 0 Å². The van der Waals surface area contributed by atoms with Crippen molar-refractivity contribution < 1.29 is 9.47 Å². The number of ether oxygens (including phenoxy) is 2. The first kappa shape index (κ1) is 10.6. The van der Waals surface area contributed by atoms with Gasteiger partial charge in [-0.15, -0.1) is 0 Å². The van der Waals surface area contributed by atoms with Crippen LogP contribution in [-0.4, -0.2) is 24.3 Å². The van der Waals surface area contributed by atoms with Crippen LogP contribution in [0.4, 0.5) is 0 Å². The Bertz CT molecular complexity index is 542. The third-order valence-electron chi connectivity index (χ3n) is 5.60. The highest BCUT2D eigenvalue weighted by Crippen LogP contribution is 2.51. The predicted octanol–water partition coefficient (Wildman–Crippen LogP) is 2.89. The van der Waals surface area contributed by atoms with Gasteiger partial charge in [-0.05, 0) is 55.0 Å². The van der Waals surface area contributed by atoms with Crippen molar-refractivity contribution in [3.8, 4) is 11.5 Å². The molecule has 19 heavy (non-hydrogen) atoms. The summed E-state index contributed by atoms with van der Waals surface area (Å²) in [5, 5.41) is 0. The fourth-order valence-corrected chi connectivity index (χ4v) is 4.84. The summed E-state index contributed by atoms with van der Waals surface area (Å²) in [5.74, 6) is 3.59. The lowest BCUT2D eigenvalue weighted by atomic mass is 9.71. The standard InChI is InChI=1S/C16H19NO2/c1-2-10-4-5-17-8-11-6-14-15(19-9-18-14)7-13(11)12(3-1)16(10)17/h6-7,10,12,16H,1-5,8-9H2. The van der Waals surface area contributed by atoms with Crippen LogP contribution in [0.15, 0.2) is 12.1 Å². The summed E-state index contributed by atoms with van der Waals surface area (Å²) < 4.78 is 11.1. The molecule has 4 aliphatic rings. The molecule has 0 radical (unpaired) electrons. The lowest BCUT2D eigenvalue weighted by Crippen LogP contribution is -2.43. The van der Waals surface area contributed by atoms with Crippen LogP contribution < -0.4 is 9.47 Å². The third kappa shape index (κ3) is 1.37. The summed E-state index contributed by atoms with van der Waals surface area (Å²) in [6.45, 7) is 2.79. The van der Waals surface area contributed by atoms with Crippen LogP contribution in [0.3, 0.4) is 0 Å². The van der Waals surface area contributed by atoms with E-state index in [1.165, 1.54) is 37.8 Å². The van der Waals surface area contributed by atoms with E-state index in [4.69, 9.17) is 9.47 Å². The van der Waals surface area contributed by atoms with Gasteiger partial charge in [0.05, 0.1) is 0 Å². The molecule has 0 bridgehead atoms. The molecule has 1 saturated heterocycles. The highest BCUT2D eigenvalue weighted by Gasteiger charge is 2.45. The van der Waals surface area contributed by atoms with E-state index >= 15 is 0 Å². The van der Waals surface area contributed by atoms with Gasteiger partial charge in [0.15, 0.2) is 11.5 Å². The fourth-order valence-electron chi connectivity index (χ4n) is 4.84. The highest BCUT2D eigenvalue weighted by atomic mass is 16.7. The smallest absolute Gasteiger partial charge is 0.231 e. The van der Waals surface area contributed by atoms with Crippen LogP contribution in [0.5, 0.6) is 11.5 Å². The second-order valence-electron chi connectivity index (χ2n) is 6.45. The lowest BCUT2D eigenvalue weighted by Gasteiger charge is -2.43. The maximum atomic E-state index is 5.58. The molecule has 3 atom stereocenters. The van der Waals surface area contributed by atoms with E-state index in [2.05, 4.69) is 17.0 Å². The topological polar surface area (TPSA) is 21.7 Å². The van der Waals surface area contributed by atoms with Gasteiger partial charge in [-0.3, -0.25) is 4.90 Å². The molecule has 100 valence electrons. The first-order chi connectivity index (χ1) is 9.40. The predicted molar refractivity (Wildman–Crippen MR) is 71.5 cm³/mol. The molecular formula is C16H19NO2. The largest absolute Gasteiger partial charge is 0.454 e. The Kier molecular flexibility index (Phi) is 2.03. The van der Waals surface area contributed by atoms with Crippen molar-refractivity contribution in [3.05, 3.63) is 23.3 Å². The Morgan fingerprint density at radius 2 is 1.95 bits per heavy atom. The zero-order valence-electron chi connectivity index (χ0n) is 11.1. The van der Waals surface area contributed by atoms with Crippen molar-refractivity contribution in [1.82, 2.24) is 4.90 Å². The van der Waals surface area contributed by atoms with Crippen LogP contribution >= 0.6 is 0 Å². The minimum absolute atomic E-state index is 0.388. The molecule has 2 fully saturated rings. The number of hydrogen-bond acceptors (Lipinski definition) is 3. The normalized spacial score (nSPS) is 35.1. The zero-order valence-corrected chi connectivity index (χ0v) is 11.1. The maximum absolute atomic E-state index is 5.58. The molecule has 1 aromatic carbocycles. The van der Waals surface area contributed by atoms with Crippen molar-refractivity contribution >= 4 is 0 Å². The Morgan fingerprint density at radius 3 is 2.89 bits per heavy atom. The Balaban J connectivity index is 1.65. The van der Waals surface area contributed by atoms with Gasteiger partial charge in [0.2, 0.25) is 6.79 Å². The van der Waals surface area contributed by atoms with Crippen molar-refractivity contribution in [1.29, 1.82) is 0 Å². The second kappa shape index (κ2) is 3.66. The second-order valence-corrected chi connectivity index (χ2v) is 6.45. The van der Waals surface area contributed by atoms with Gasteiger partial charge in [0, 0.05) is 18.5 Å². The van der Waals surface area contributed by atoms with Crippen molar-refractivity contribution in [2.24, 2.45) is 5.92 Å². The average molecular weight is 257 g/mol. The molecule has 3 heterocycles. The summed E-state index contributed by atoms with van der Waals surface area (Å²) in [6.07, 6.45) is 5.59. The van der Waals surface area contributed by atoms with Crippen LogP contribution in [0.2, 0.25) is 0 Å². The van der Waals surface area contributed by atoms with Crippen LogP contribution in [0.25, 0.3) is 0 Å². The Hall–Kier alpha value is -1.22. The SMILES string of the molecule is c1c2c(cc3c1OCO3)C1CCCC3CCN(C2)C31. The lowest BCUT2D eigenvalue weighted by molar-refractivity contribution is 0.134. The first-order valence-electron chi connectivity index (χ1n) is 7.56. The molecule has 1 saturated carbocycles. The number of nitrogens with zero attached hydrogens (tertiary/aromatic N) is 1. The molecule has 5 rings (SSSR count). The van der Waals surface area contributed by atoms with E-state index in [0.29, 0.717) is 6.79 Å². The number of rotatable bonds is 0. The van der Waals surface area contributed by atoms with E-state index in [0.717, 1.165) is 35.9 Å². The van der Waals surface area contributed by atoms with Gasteiger partial charge in [-0.2, -0.15) is 0 Å². The van der Waals surface area contributed by atoms with Gasteiger partial charge in [0.1, 0.15) is 0 Å². The van der Waals surface area contributed by atoms with Crippen molar-refractivity contribution in [2.45, 2.75) is 44.2 Å². The molecule has 1 aromatic rings. The van der Waals surface area contributed by atoms with Crippen molar-refractivity contribution in [2.75, 3.05) is 13.3 Å². The van der Waals surface area contributed by atoms with E-state index in [1.54, 1.807) is 5.56 Å². The van der Waals surface area contributed by atoms with Gasteiger partial charge >= 0.3 is 0 Å². The molecule has 3 unspecified atom stereocenters. The molecule has 0 N–H and O–H groups in total. The van der Waals surface area contributed by atoms with Crippen LogP contribution in [0.1, 0.15) is 42.7 Å². The van der Waals surface area contributed by atoms with Crippen LogP contribution in [-0.2, 0) is 6.54 Å². The summed E-state index contributed by atoms with van der Waals surface area (Å²) in [5.41, 5.74) is 3.03. The highest BCUT2D eigenvalue weighted by molar-refractivity contribution is 5.51. The van der Waals surface area contributed by atoms with E-state index in [9.17, 15) is 0 Å². The van der Waals surface area contributed by atoms with Gasteiger partial charge in [0.25, 0.3) is 0 Å². The molecule has 3 aliphatic heterocycles. The summed E-state index contributed by atoms with van der Waals surface area (Å²) in [7, 11) is 0. The quantitative estimate of drug-likeness (QED) is 0.713. The van der Waals surface area contributed by atoms with E-state index < -0.39 is 0 Å². The van der Waals surface area contributed by atoms with Gasteiger partial charge in [-0.1, -0.05) is 6.42 Å². The zero-order chi connectivity index (χ0) is 12.4. The maximum Gasteiger partial charge on any atom is 0.231 e. The first-order valence-corrected chi connectivity index (χ1v) is 7.56. The number of hydrogen-bond donors (Lipinski definition) is 0. The minimum Gasteiger partial charge on any atom is -0.454 e. The third-order valence-corrected chi connectivity index (χ3v) is 5.60. The van der Waals surface area contributed by atoms with Gasteiger partial charge in [-0.25, -0.2) is 0 Å². The van der Waals surface area contributed by atoms with Crippen molar-refractivity contribution in [3.63, 3.8) is 0 Å². The monoisotopic (exact) mass is 257 g/mol. The molecule has 3 heteroatoms. The summed E-state index contributed by atoms with van der Waals surface area (Å²) in [6, 6.07) is 5.32. The van der Waals surface area contributed by atoms with E-state index in [-0.39, 0.29) is 0 Å². The molecule has 3 nitrogen and oxygen atoms in total. The number of benzene rings is 1. The van der Waals surface area contributed by atoms with Gasteiger partial charge < -0.3 is 9.47 Å². The average Bonchev–Trinajstić information content (AvgIpc) is 3.05. The molecular weight excluding hydrogens is 238 g/mol. The fraction of sp³-hybridized carbons (Fsp3) is 0.625. The summed E-state index contributed by atoms with van der Waals surface area (Å²) in [4.78, 5) is 2.72. The molecule has 0 aromatic heterocycles. The molecule has 0 amide bonds.